The maximum Gasteiger partial charge on any atom is 0.227 e. The lowest BCUT2D eigenvalue weighted by Gasteiger charge is -2.04. The first-order chi connectivity index (χ1) is 7.68. The normalized spacial score (nSPS) is 10.3. The lowest BCUT2D eigenvalue weighted by Crippen LogP contribution is -2.20. The minimum Gasteiger partial charge on any atom is -0.369 e. The first kappa shape index (κ1) is 13.0. The van der Waals surface area contributed by atoms with E-state index in [2.05, 4.69) is 5.32 Å². The van der Waals surface area contributed by atoms with Crippen LogP contribution in [0, 0.1) is 5.82 Å². The van der Waals surface area contributed by atoms with Crippen LogP contribution in [0.4, 0.5) is 4.39 Å². The van der Waals surface area contributed by atoms with Gasteiger partial charge in [-0.1, -0.05) is 12.1 Å². The van der Waals surface area contributed by atoms with Crippen LogP contribution in [0.15, 0.2) is 24.3 Å². The fourth-order valence-corrected chi connectivity index (χ4v) is 1.81. The minimum atomic E-state index is -0.308. The molecule has 3 N–H and O–H groups in total. The van der Waals surface area contributed by atoms with Gasteiger partial charge in [0.15, 0.2) is 0 Å². The molecule has 0 saturated heterocycles. The second kappa shape index (κ2) is 7.24. The Hall–Kier alpha value is -1.07. The van der Waals surface area contributed by atoms with Crippen molar-refractivity contribution >= 4 is 17.7 Å². The Kier molecular flexibility index (Phi) is 5.88. The van der Waals surface area contributed by atoms with Crippen molar-refractivity contribution in [2.75, 3.05) is 18.2 Å². The molecule has 0 saturated carbocycles. The number of hydrogen-bond donors (Lipinski definition) is 2. The summed E-state index contributed by atoms with van der Waals surface area (Å²) in [6, 6.07) is 6.55. The van der Waals surface area contributed by atoms with Crippen molar-refractivity contribution in [2.45, 2.75) is 6.42 Å². The maximum atomic E-state index is 12.8. The molecule has 88 valence electrons. The third-order valence-corrected chi connectivity index (χ3v) is 2.82. The monoisotopic (exact) mass is 242 g/mol. The van der Waals surface area contributed by atoms with Crippen LogP contribution in [0.3, 0.4) is 0 Å². The summed E-state index contributed by atoms with van der Waals surface area (Å²) in [5.41, 5.74) is 5.95. The minimum absolute atomic E-state index is 0.208. The number of hydrogen-bond acceptors (Lipinski definition) is 3. The van der Waals surface area contributed by atoms with Gasteiger partial charge >= 0.3 is 0 Å². The van der Waals surface area contributed by atoms with Gasteiger partial charge in [-0.05, 0) is 30.7 Å². The smallest absolute Gasteiger partial charge is 0.227 e. The molecule has 1 amide bonds. The molecular weight excluding hydrogens is 227 g/mol. The molecule has 0 aliphatic carbocycles. The van der Waals surface area contributed by atoms with Gasteiger partial charge in [0, 0.05) is 5.88 Å². The van der Waals surface area contributed by atoms with Crippen LogP contribution in [0.5, 0.6) is 0 Å². The van der Waals surface area contributed by atoms with E-state index in [0.29, 0.717) is 11.6 Å². The molecule has 0 radical (unpaired) electrons. The van der Waals surface area contributed by atoms with Crippen molar-refractivity contribution in [1.82, 2.24) is 5.32 Å². The molecule has 1 aromatic carbocycles. The first-order valence-electron chi connectivity index (χ1n) is 4.99. The van der Waals surface area contributed by atoms with Crippen LogP contribution < -0.4 is 11.1 Å². The highest BCUT2D eigenvalue weighted by molar-refractivity contribution is 7.99. The van der Waals surface area contributed by atoms with Crippen LogP contribution in [0.2, 0.25) is 0 Å². The van der Waals surface area contributed by atoms with Crippen molar-refractivity contribution in [2.24, 2.45) is 5.73 Å². The SMILES string of the molecule is NC(=O)CSCNCCc1cccc(F)c1. The lowest BCUT2D eigenvalue weighted by molar-refractivity contribution is -0.115. The molecule has 0 unspecified atom stereocenters. The number of rotatable bonds is 7. The highest BCUT2D eigenvalue weighted by Crippen LogP contribution is 2.03. The average molecular weight is 242 g/mol. The molecule has 3 nitrogen and oxygen atoms in total. The van der Waals surface area contributed by atoms with Gasteiger partial charge in [0.25, 0.3) is 0 Å². The highest BCUT2D eigenvalue weighted by atomic mass is 32.2. The predicted octanol–water partition coefficient (Wildman–Crippen LogP) is 1.13. The second-order valence-corrected chi connectivity index (χ2v) is 4.32. The summed E-state index contributed by atoms with van der Waals surface area (Å²) < 4.78 is 12.8. The Labute approximate surface area is 98.6 Å². The molecule has 0 aliphatic heterocycles. The summed E-state index contributed by atoms with van der Waals surface area (Å²) in [6.45, 7) is 0.759. The predicted molar refractivity (Wildman–Crippen MR) is 64.6 cm³/mol. The molecular formula is C11H15FN2OS. The van der Waals surface area contributed by atoms with Crippen LogP contribution in [-0.4, -0.2) is 24.1 Å². The number of benzene rings is 1. The molecule has 0 heterocycles. The second-order valence-electron chi connectivity index (χ2n) is 3.34. The van der Waals surface area contributed by atoms with E-state index >= 15 is 0 Å². The van der Waals surface area contributed by atoms with Crippen molar-refractivity contribution in [3.05, 3.63) is 35.6 Å². The van der Waals surface area contributed by atoms with Gasteiger partial charge in [-0.25, -0.2) is 4.39 Å². The maximum absolute atomic E-state index is 12.8. The molecule has 0 fully saturated rings. The molecule has 5 heteroatoms. The molecule has 1 aromatic rings. The number of nitrogens with two attached hydrogens (primary N) is 1. The number of amides is 1. The van der Waals surface area contributed by atoms with E-state index in [-0.39, 0.29) is 11.7 Å². The summed E-state index contributed by atoms with van der Waals surface area (Å²) in [7, 11) is 0. The lowest BCUT2D eigenvalue weighted by atomic mass is 10.1. The molecule has 16 heavy (non-hydrogen) atoms. The van der Waals surface area contributed by atoms with E-state index in [1.807, 2.05) is 6.07 Å². The zero-order valence-electron chi connectivity index (χ0n) is 8.91. The fourth-order valence-electron chi connectivity index (χ4n) is 1.22. The number of halogens is 1. The van der Waals surface area contributed by atoms with Crippen molar-refractivity contribution in [3.63, 3.8) is 0 Å². The van der Waals surface area contributed by atoms with Gasteiger partial charge < -0.3 is 11.1 Å². The Morgan fingerprint density at radius 1 is 1.50 bits per heavy atom. The summed E-state index contributed by atoms with van der Waals surface area (Å²) in [6.07, 6.45) is 0.773. The Bertz CT molecular complexity index is 347. The van der Waals surface area contributed by atoms with Gasteiger partial charge in [0.1, 0.15) is 5.82 Å². The average Bonchev–Trinajstić information content (AvgIpc) is 2.23. The van der Waals surface area contributed by atoms with E-state index in [0.717, 1.165) is 18.5 Å². The summed E-state index contributed by atoms with van der Waals surface area (Å²) in [4.78, 5) is 10.4. The van der Waals surface area contributed by atoms with E-state index in [1.165, 1.54) is 23.9 Å². The zero-order valence-corrected chi connectivity index (χ0v) is 9.73. The molecule has 0 bridgehead atoms. The van der Waals surface area contributed by atoms with Gasteiger partial charge in [0.2, 0.25) is 5.91 Å². The largest absolute Gasteiger partial charge is 0.369 e. The van der Waals surface area contributed by atoms with E-state index in [1.54, 1.807) is 6.07 Å². The van der Waals surface area contributed by atoms with E-state index in [9.17, 15) is 9.18 Å². The summed E-state index contributed by atoms with van der Waals surface area (Å²) >= 11 is 1.44. The molecule has 0 spiro atoms. The number of primary amides is 1. The van der Waals surface area contributed by atoms with Crippen molar-refractivity contribution < 1.29 is 9.18 Å². The Balaban J connectivity index is 2.09. The van der Waals surface area contributed by atoms with Crippen molar-refractivity contribution in [3.8, 4) is 0 Å². The summed E-state index contributed by atoms with van der Waals surface area (Å²) in [5, 5.41) is 3.14. The fraction of sp³-hybridized carbons (Fsp3) is 0.364. The topological polar surface area (TPSA) is 55.1 Å². The molecule has 0 aliphatic rings. The van der Waals surface area contributed by atoms with E-state index in [4.69, 9.17) is 5.73 Å². The van der Waals surface area contributed by atoms with Crippen molar-refractivity contribution in [1.29, 1.82) is 0 Å². The number of carbonyl (C=O) groups excluding carboxylic acids is 1. The zero-order chi connectivity index (χ0) is 11.8. The molecule has 0 atom stereocenters. The number of thioether (sulfide) groups is 1. The van der Waals surface area contributed by atoms with Gasteiger partial charge in [0.05, 0.1) is 5.75 Å². The van der Waals surface area contributed by atoms with Crippen LogP contribution in [0.1, 0.15) is 5.56 Å². The van der Waals surface area contributed by atoms with E-state index < -0.39 is 0 Å². The standard InChI is InChI=1S/C11H15FN2OS/c12-10-3-1-2-9(6-10)4-5-14-8-16-7-11(13)15/h1-3,6,14H,4-5,7-8H2,(H2,13,15). The van der Waals surface area contributed by atoms with Crippen LogP contribution >= 0.6 is 11.8 Å². The Morgan fingerprint density at radius 3 is 3.00 bits per heavy atom. The highest BCUT2D eigenvalue weighted by Gasteiger charge is 1.96. The summed E-state index contributed by atoms with van der Waals surface area (Å²) in [5.74, 6) is 0.489. The third kappa shape index (κ3) is 5.72. The van der Waals surface area contributed by atoms with Gasteiger partial charge in [-0.3, -0.25) is 4.79 Å². The van der Waals surface area contributed by atoms with Gasteiger partial charge in [-0.2, -0.15) is 0 Å². The molecule has 0 aromatic heterocycles. The number of carbonyl (C=O) groups is 1. The quantitative estimate of drug-likeness (QED) is 0.557. The van der Waals surface area contributed by atoms with Crippen LogP contribution in [0.25, 0.3) is 0 Å². The van der Waals surface area contributed by atoms with Crippen LogP contribution in [-0.2, 0) is 11.2 Å². The first-order valence-corrected chi connectivity index (χ1v) is 6.15. The molecule has 1 rings (SSSR count). The van der Waals surface area contributed by atoms with Gasteiger partial charge in [-0.15, -0.1) is 11.8 Å². The third-order valence-electron chi connectivity index (χ3n) is 1.93. The number of nitrogens with one attached hydrogen (secondary N) is 1. The Morgan fingerprint density at radius 2 is 2.31 bits per heavy atom.